The van der Waals surface area contributed by atoms with Crippen LogP contribution in [0.15, 0.2) is 88.5 Å². The number of nitrogens with zero attached hydrogens (tertiary/aromatic N) is 1. The highest BCUT2D eigenvalue weighted by Crippen LogP contribution is 2.43. The number of fused-ring (bicyclic) bond motifs is 1. The van der Waals surface area contributed by atoms with Crippen LogP contribution in [0.2, 0.25) is 0 Å². The van der Waals surface area contributed by atoms with Crippen LogP contribution in [0.3, 0.4) is 0 Å². The molecule has 0 aliphatic carbocycles. The number of amides is 1. The zero-order valence-corrected chi connectivity index (χ0v) is 21.3. The number of aliphatic hydroxyl groups is 1. The predicted octanol–water partition coefficient (Wildman–Crippen LogP) is 6.02. The summed E-state index contributed by atoms with van der Waals surface area (Å²) < 4.78 is 22.5. The van der Waals surface area contributed by atoms with Gasteiger partial charge in [-0.3, -0.25) is 14.5 Å². The Balaban J connectivity index is 1.63. The minimum absolute atomic E-state index is 0.0154. The van der Waals surface area contributed by atoms with E-state index >= 15 is 0 Å². The molecule has 8 nitrogen and oxygen atoms in total. The van der Waals surface area contributed by atoms with E-state index in [0.29, 0.717) is 52.7 Å². The average Bonchev–Trinajstić information content (AvgIpc) is 3.48. The largest absolute Gasteiger partial charge is 0.503 e. The number of benzene rings is 3. The number of methoxy groups -OCH3 is 1. The average molecular weight is 514 g/mol. The number of hydrogen-bond acceptors (Lipinski definition) is 7. The molecule has 1 unspecified atom stereocenters. The van der Waals surface area contributed by atoms with E-state index in [0.717, 1.165) is 0 Å². The van der Waals surface area contributed by atoms with E-state index in [9.17, 15) is 14.7 Å². The standard InChI is InChI=1S/C30H27NO7/c1-4-36-21-14-12-20(13-15-21)31-26(18-8-6-10-22(16-18)37-5-2)25(28(33)30(31)34)27(32)24-17-19-9-7-11-23(35-3)29(19)38-24/h6-17,26,33H,4-5H2,1-3H3. The highest BCUT2D eigenvalue weighted by Gasteiger charge is 2.45. The number of para-hydroxylation sites is 1. The van der Waals surface area contributed by atoms with Gasteiger partial charge in [-0.05, 0) is 67.9 Å². The first-order chi connectivity index (χ1) is 18.5. The molecule has 8 heteroatoms. The fourth-order valence-electron chi connectivity index (χ4n) is 4.67. The molecule has 38 heavy (non-hydrogen) atoms. The number of carbonyl (C=O) groups excluding carboxylic acids is 2. The second-order valence-corrected chi connectivity index (χ2v) is 8.59. The monoisotopic (exact) mass is 513 g/mol. The van der Waals surface area contributed by atoms with Crippen molar-refractivity contribution in [3.63, 3.8) is 0 Å². The number of ketones is 1. The van der Waals surface area contributed by atoms with Gasteiger partial charge < -0.3 is 23.7 Å². The summed E-state index contributed by atoms with van der Waals surface area (Å²) in [5.41, 5.74) is 1.40. The molecule has 2 heterocycles. The predicted molar refractivity (Wildman–Crippen MR) is 142 cm³/mol. The van der Waals surface area contributed by atoms with Gasteiger partial charge in [-0.25, -0.2) is 0 Å². The van der Waals surface area contributed by atoms with Crippen molar-refractivity contribution in [1.29, 1.82) is 0 Å². The van der Waals surface area contributed by atoms with Gasteiger partial charge in [0.25, 0.3) is 5.91 Å². The quantitative estimate of drug-likeness (QED) is 0.273. The SMILES string of the molecule is CCOc1ccc(N2C(=O)C(O)=C(C(=O)c3cc4cccc(OC)c4o3)C2c2cccc(OCC)c2)cc1. The van der Waals surface area contributed by atoms with E-state index in [4.69, 9.17) is 18.6 Å². The van der Waals surface area contributed by atoms with Crippen LogP contribution >= 0.6 is 0 Å². The van der Waals surface area contributed by atoms with Crippen molar-refractivity contribution in [1.82, 2.24) is 0 Å². The third-order valence-corrected chi connectivity index (χ3v) is 6.32. The van der Waals surface area contributed by atoms with E-state index in [2.05, 4.69) is 0 Å². The Bertz CT molecular complexity index is 1530. The number of anilines is 1. The van der Waals surface area contributed by atoms with Crippen LogP contribution in [-0.4, -0.2) is 37.1 Å². The summed E-state index contributed by atoms with van der Waals surface area (Å²) in [6, 6.07) is 20.0. The van der Waals surface area contributed by atoms with Gasteiger partial charge in [0.15, 0.2) is 22.9 Å². The van der Waals surface area contributed by atoms with Crippen LogP contribution in [0, 0.1) is 0 Å². The van der Waals surface area contributed by atoms with Crippen LogP contribution in [0.1, 0.15) is 36.0 Å². The number of hydrogen-bond donors (Lipinski definition) is 1. The molecule has 0 bridgehead atoms. The van der Waals surface area contributed by atoms with E-state index in [1.165, 1.54) is 12.0 Å². The second kappa shape index (κ2) is 10.3. The molecule has 4 aromatic rings. The Kier molecular flexibility index (Phi) is 6.79. The molecular weight excluding hydrogens is 486 g/mol. The van der Waals surface area contributed by atoms with Gasteiger partial charge >= 0.3 is 0 Å². The minimum atomic E-state index is -0.927. The van der Waals surface area contributed by atoms with Crippen molar-refractivity contribution < 1.29 is 33.3 Å². The van der Waals surface area contributed by atoms with Crippen LogP contribution in [0.4, 0.5) is 5.69 Å². The summed E-state index contributed by atoms with van der Waals surface area (Å²) in [6.07, 6.45) is 0. The Hall–Kier alpha value is -4.72. The lowest BCUT2D eigenvalue weighted by atomic mass is 9.94. The minimum Gasteiger partial charge on any atom is -0.503 e. The maximum atomic E-state index is 13.9. The first-order valence-corrected chi connectivity index (χ1v) is 12.3. The van der Waals surface area contributed by atoms with Crippen molar-refractivity contribution in [3.05, 3.63) is 95.5 Å². The number of carbonyl (C=O) groups is 2. The summed E-state index contributed by atoms with van der Waals surface area (Å²) in [4.78, 5) is 28.8. The lowest BCUT2D eigenvalue weighted by Crippen LogP contribution is -2.31. The molecule has 0 spiro atoms. The Labute approximate surface area is 219 Å². The molecule has 1 aromatic heterocycles. The molecule has 5 rings (SSSR count). The van der Waals surface area contributed by atoms with Gasteiger partial charge in [0.05, 0.1) is 31.9 Å². The van der Waals surface area contributed by atoms with E-state index < -0.39 is 23.5 Å². The summed E-state index contributed by atoms with van der Waals surface area (Å²) in [7, 11) is 1.51. The maximum absolute atomic E-state index is 13.9. The van der Waals surface area contributed by atoms with Gasteiger partial charge in [-0.2, -0.15) is 0 Å². The molecule has 0 saturated heterocycles. The zero-order valence-electron chi connectivity index (χ0n) is 21.3. The van der Waals surface area contributed by atoms with Crippen molar-refractivity contribution in [2.75, 3.05) is 25.2 Å². The molecule has 1 amide bonds. The van der Waals surface area contributed by atoms with Gasteiger partial charge in [0.1, 0.15) is 11.5 Å². The fraction of sp³-hybridized carbons (Fsp3) is 0.200. The lowest BCUT2D eigenvalue weighted by molar-refractivity contribution is -0.117. The third kappa shape index (κ3) is 4.34. The molecule has 1 aliphatic heterocycles. The molecule has 1 N–H and O–H groups in total. The molecule has 194 valence electrons. The first kappa shape index (κ1) is 25.0. The van der Waals surface area contributed by atoms with E-state index in [-0.39, 0.29) is 11.3 Å². The van der Waals surface area contributed by atoms with Crippen LogP contribution in [0.5, 0.6) is 17.2 Å². The van der Waals surface area contributed by atoms with Crippen molar-refractivity contribution in [2.45, 2.75) is 19.9 Å². The van der Waals surface area contributed by atoms with Crippen LogP contribution in [-0.2, 0) is 4.79 Å². The number of aliphatic hydroxyl groups excluding tert-OH is 1. The number of rotatable bonds is 9. The smallest absolute Gasteiger partial charge is 0.294 e. The topological polar surface area (TPSA) is 98.4 Å². The molecular formula is C30H27NO7. The Morgan fingerprint density at radius 1 is 0.947 bits per heavy atom. The van der Waals surface area contributed by atoms with Crippen molar-refractivity contribution in [3.8, 4) is 17.2 Å². The van der Waals surface area contributed by atoms with Crippen molar-refractivity contribution >= 4 is 28.3 Å². The first-order valence-electron chi connectivity index (χ1n) is 12.3. The highest BCUT2D eigenvalue weighted by atomic mass is 16.5. The van der Waals surface area contributed by atoms with E-state index in [1.54, 1.807) is 72.8 Å². The lowest BCUT2D eigenvalue weighted by Gasteiger charge is -2.27. The molecule has 0 radical (unpaired) electrons. The zero-order chi connectivity index (χ0) is 26.8. The molecule has 3 aromatic carbocycles. The second-order valence-electron chi connectivity index (χ2n) is 8.59. The normalized spacial score (nSPS) is 15.3. The molecule has 0 saturated carbocycles. The number of ether oxygens (including phenoxy) is 3. The third-order valence-electron chi connectivity index (χ3n) is 6.32. The number of Topliss-reactive ketones (excluding diaryl/α,β-unsaturated/α-hetero) is 1. The van der Waals surface area contributed by atoms with E-state index in [1.807, 2.05) is 13.8 Å². The van der Waals surface area contributed by atoms with Crippen LogP contribution < -0.4 is 19.1 Å². The summed E-state index contributed by atoms with van der Waals surface area (Å²) in [5, 5.41) is 11.7. The van der Waals surface area contributed by atoms with Gasteiger partial charge in [0, 0.05) is 11.1 Å². The maximum Gasteiger partial charge on any atom is 0.294 e. The highest BCUT2D eigenvalue weighted by molar-refractivity contribution is 6.20. The Morgan fingerprint density at radius 2 is 1.66 bits per heavy atom. The Morgan fingerprint density at radius 3 is 2.37 bits per heavy atom. The molecule has 1 aliphatic rings. The van der Waals surface area contributed by atoms with Gasteiger partial charge in [0.2, 0.25) is 5.78 Å². The number of furan rings is 1. The summed E-state index contributed by atoms with van der Waals surface area (Å²) >= 11 is 0. The molecule has 0 fully saturated rings. The van der Waals surface area contributed by atoms with Gasteiger partial charge in [-0.15, -0.1) is 0 Å². The van der Waals surface area contributed by atoms with Crippen LogP contribution in [0.25, 0.3) is 11.0 Å². The van der Waals surface area contributed by atoms with Gasteiger partial charge in [-0.1, -0.05) is 24.3 Å². The summed E-state index contributed by atoms with van der Waals surface area (Å²) in [6.45, 7) is 4.70. The fourth-order valence-corrected chi connectivity index (χ4v) is 4.67. The summed E-state index contributed by atoms with van der Waals surface area (Å²) in [5.74, 6) is -0.258. The molecule has 1 atom stereocenters. The van der Waals surface area contributed by atoms with Crippen molar-refractivity contribution in [2.24, 2.45) is 0 Å².